The normalized spacial score (nSPS) is 10.3. The Balaban J connectivity index is 1.53. The van der Waals surface area contributed by atoms with E-state index in [1.165, 1.54) is 10.1 Å². The number of aryl methyl sites for hydroxylation is 3. The van der Waals surface area contributed by atoms with Gasteiger partial charge in [-0.25, -0.2) is 0 Å². The van der Waals surface area contributed by atoms with Gasteiger partial charge in [-0.3, -0.25) is 14.4 Å². The molecule has 3 aromatic rings. The molecule has 0 aliphatic rings. The maximum Gasteiger partial charge on any atom is 0.269 e. The summed E-state index contributed by atoms with van der Waals surface area (Å²) in [5.41, 5.74) is 2.99. The highest BCUT2D eigenvalue weighted by Gasteiger charge is 2.13. The van der Waals surface area contributed by atoms with Crippen molar-refractivity contribution in [2.75, 3.05) is 11.9 Å². The van der Waals surface area contributed by atoms with Crippen molar-refractivity contribution in [2.24, 2.45) is 0 Å². The first-order valence-corrected chi connectivity index (χ1v) is 10.7. The zero-order valence-electron chi connectivity index (χ0n) is 18.7. The molecule has 0 saturated heterocycles. The summed E-state index contributed by atoms with van der Waals surface area (Å²) < 4.78 is 1.28. The van der Waals surface area contributed by atoms with Crippen LogP contribution in [0.4, 0.5) is 5.69 Å². The highest BCUT2D eigenvalue weighted by atomic mass is 16.2. The molecule has 1 heterocycles. The SMILES string of the molecule is Cc1cc(C)n(CC(=O)Nc2ccc(C(=O)NCCCc3ccccc3)cc2)c(=O)c1C#N. The summed E-state index contributed by atoms with van der Waals surface area (Å²) in [5, 5.41) is 14.8. The van der Waals surface area contributed by atoms with Gasteiger partial charge in [0, 0.05) is 23.5 Å². The van der Waals surface area contributed by atoms with Crippen LogP contribution in [0.1, 0.15) is 39.2 Å². The first-order valence-electron chi connectivity index (χ1n) is 10.7. The van der Waals surface area contributed by atoms with E-state index in [9.17, 15) is 19.6 Å². The first-order chi connectivity index (χ1) is 15.9. The summed E-state index contributed by atoms with van der Waals surface area (Å²) in [6, 6.07) is 20.3. The standard InChI is InChI=1S/C26H26N4O3/c1-18-15-19(2)30(26(33)23(18)16-27)17-24(31)29-22-12-10-21(11-13-22)25(32)28-14-6-9-20-7-4-3-5-8-20/h3-5,7-8,10-13,15H,6,9,14,17H2,1-2H3,(H,28,32)(H,29,31). The molecule has 3 rings (SSSR count). The van der Waals surface area contributed by atoms with Gasteiger partial charge in [0.1, 0.15) is 18.2 Å². The summed E-state index contributed by atoms with van der Waals surface area (Å²) in [6.07, 6.45) is 1.74. The Labute approximate surface area is 192 Å². The van der Waals surface area contributed by atoms with Crippen LogP contribution in [0.15, 0.2) is 65.5 Å². The molecule has 0 aliphatic carbocycles. The third-order valence-electron chi connectivity index (χ3n) is 5.32. The summed E-state index contributed by atoms with van der Waals surface area (Å²) >= 11 is 0. The van der Waals surface area contributed by atoms with Crippen LogP contribution < -0.4 is 16.2 Å². The van der Waals surface area contributed by atoms with Crippen molar-refractivity contribution < 1.29 is 9.59 Å². The third-order valence-corrected chi connectivity index (χ3v) is 5.32. The van der Waals surface area contributed by atoms with Crippen molar-refractivity contribution in [3.05, 3.63) is 99.0 Å². The lowest BCUT2D eigenvalue weighted by Crippen LogP contribution is -2.31. The van der Waals surface area contributed by atoms with Gasteiger partial charge in [-0.1, -0.05) is 30.3 Å². The zero-order valence-corrected chi connectivity index (χ0v) is 18.7. The molecule has 0 saturated carbocycles. The number of nitrogens with zero attached hydrogens (tertiary/aromatic N) is 2. The van der Waals surface area contributed by atoms with Crippen LogP contribution in [0.5, 0.6) is 0 Å². The Bertz CT molecular complexity index is 1240. The van der Waals surface area contributed by atoms with Gasteiger partial charge in [0.25, 0.3) is 11.5 Å². The van der Waals surface area contributed by atoms with Crippen molar-refractivity contribution in [1.29, 1.82) is 5.26 Å². The molecular weight excluding hydrogens is 416 g/mol. The number of benzene rings is 2. The van der Waals surface area contributed by atoms with E-state index in [2.05, 4.69) is 22.8 Å². The molecule has 0 atom stereocenters. The molecule has 0 spiro atoms. The molecule has 0 bridgehead atoms. The van der Waals surface area contributed by atoms with Gasteiger partial charge in [-0.2, -0.15) is 5.26 Å². The van der Waals surface area contributed by atoms with Crippen molar-refractivity contribution in [2.45, 2.75) is 33.2 Å². The summed E-state index contributed by atoms with van der Waals surface area (Å²) in [5.74, 6) is -0.571. The fraction of sp³-hybridized carbons (Fsp3) is 0.231. The average Bonchev–Trinajstić information content (AvgIpc) is 2.80. The van der Waals surface area contributed by atoms with Crippen LogP contribution in [0.3, 0.4) is 0 Å². The third kappa shape index (κ3) is 6.17. The van der Waals surface area contributed by atoms with Gasteiger partial charge in [0.2, 0.25) is 5.91 Å². The van der Waals surface area contributed by atoms with Gasteiger partial charge in [-0.15, -0.1) is 0 Å². The van der Waals surface area contributed by atoms with Crippen LogP contribution in [-0.4, -0.2) is 22.9 Å². The predicted molar refractivity (Wildman–Crippen MR) is 127 cm³/mol. The van der Waals surface area contributed by atoms with Crippen LogP contribution in [0, 0.1) is 25.2 Å². The van der Waals surface area contributed by atoms with Crippen molar-refractivity contribution in [3.8, 4) is 6.07 Å². The topological polar surface area (TPSA) is 104 Å². The van der Waals surface area contributed by atoms with E-state index in [0.717, 1.165) is 12.8 Å². The van der Waals surface area contributed by atoms with Crippen molar-refractivity contribution in [3.63, 3.8) is 0 Å². The van der Waals surface area contributed by atoms with Crippen LogP contribution in [0.25, 0.3) is 0 Å². The number of amides is 2. The molecule has 2 amide bonds. The molecule has 2 N–H and O–H groups in total. The van der Waals surface area contributed by atoms with Crippen LogP contribution in [-0.2, 0) is 17.8 Å². The summed E-state index contributed by atoms with van der Waals surface area (Å²) in [4.78, 5) is 37.2. The molecule has 0 radical (unpaired) electrons. The molecule has 7 nitrogen and oxygen atoms in total. The van der Waals surface area contributed by atoms with Crippen LogP contribution in [0.2, 0.25) is 0 Å². The number of nitrogens with one attached hydrogen (secondary N) is 2. The number of rotatable bonds is 8. The Morgan fingerprint density at radius 1 is 1.03 bits per heavy atom. The second-order valence-electron chi connectivity index (χ2n) is 7.82. The number of carbonyl (C=O) groups is 2. The van der Waals surface area contributed by atoms with Gasteiger partial charge in [0.15, 0.2) is 0 Å². The van der Waals surface area contributed by atoms with E-state index in [0.29, 0.717) is 29.1 Å². The molecule has 168 valence electrons. The second-order valence-corrected chi connectivity index (χ2v) is 7.82. The van der Waals surface area contributed by atoms with Gasteiger partial charge in [-0.05, 0) is 68.1 Å². The summed E-state index contributed by atoms with van der Waals surface area (Å²) in [6.45, 7) is 3.78. The minimum Gasteiger partial charge on any atom is -0.352 e. The number of hydrogen-bond donors (Lipinski definition) is 2. The molecular formula is C26H26N4O3. The maximum absolute atomic E-state index is 12.5. The highest BCUT2D eigenvalue weighted by molar-refractivity contribution is 5.95. The lowest BCUT2D eigenvalue weighted by molar-refractivity contribution is -0.116. The number of pyridine rings is 1. The Morgan fingerprint density at radius 3 is 2.39 bits per heavy atom. The number of aromatic nitrogens is 1. The average molecular weight is 443 g/mol. The smallest absolute Gasteiger partial charge is 0.269 e. The van der Waals surface area contributed by atoms with Crippen molar-refractivity contribution >= 4 is 17.5 Å². The van der Waals surface area contributed by atoms with Gasteiger partial charge in [0.05, 0.1) is 0 Å². The number of nitriles is 1. The monoisotopic (exact) mass is 442 g/mol. The molecule has 7 heteroatoms. The lowest BCUT2D eigenvalue weighted by Gasteiger charge is -2.12. The molecule has 33 heavy (non-hydrogen) atoms. The molecule has 0 aliphatic heterocycles. The molecule has 2 aromatic carbocycles. The fourth-order valence-electron chi connectivity index (χ4n) is 3.55. The van der Waals surface area contributed by atoms with E-state index in [1.54, 1.807) is 44.2 Å². The van der Waals surface area contributed by atoms with Crippen LogP contribution >= 0.6 is 0 Å². The van der Waals surface area contributed by atoms with Crippen molar-refractivity contribution in [1.82, 2.24) is 9.88 Å². The molecule has 0 unspecified atom stereocenters. The minimum absolute atomic E-state index is 0.0348. The fourth-order valence-corrected chi connectivity index (χ4v) is 3.55. The Hall–Kier alpha value is -4.18. The highest BCUT2D eigenvalue weighted by Crippen LogP contribution is 2.11. The quantitative estimate of drug-likeness (QED) is 0.522. The lowest BCUT2D eigenvalue weighted by atomic mass is 10.1. The Kier molecular flexibility index (Phi) is 7.77. The van der Waals surface area contributed by atoms with Gasteiger partial charge < -0.3 is 15.2 Å². The van der Waals surface area contributed by atoms with E-state index >= 15 is 0 Å². The molecule has 0 fully saturated rings. The first kappa shape index (κ1) is 23.5. The van der Waals surface area contributed by atoms with E-state index < -0.39 is 11.5 Å². The summed E-state index contributed by atoms with van der Waals surface area (Å²) in [7, 11) is 0. The number of hydrogen-bond acceptors (Lipinski definition) is 4. The van der Waals surface area contributed by atoms with Gasteiger partial charge >= 0.3 is 0 Å². The van der Waals surface area contributed by atoms with E-state index in [4.69, 9.17) is 0 Å². The predicted octanol–water partition coefficient (Wildman–Crippen LogP) is 3.34. The largest absolute Gasteiger partial charge is 0.352 e. The van der Waals surface area contributed by atoms with E-state index in [-0.39, 0.29) is 18.0 Å². The minimum atomic E-state index is -0.482. The number of carbonyl (C=O) groups excluding carboxylic acids is 2. The zero-order chi connectivity index (χ0) is 23.8. The van der Waals surface area contributed by atoms with E-state index in [1.807, 2.05) is 24.3 Å². The Morgan fingerprint density at radius 2 is 1.73 bits per heavy atom. The number of anilines is 1. The molecule has 1 aromatic heterocycles. The second kappa shape index (κ2) is 10.9. The maximum atomic E-state index is 12.5.